The van der Waals surface area contributed by atoms with Crippen molar-refractivity contribution in [3.05, 3.63) is 27.0 Å². The van der Waals surface area contributed by atoms with Crippen LogP contribution in [-0.2, 0) is 6.42 Å². The third-order valence-electron chi connectivity index (χ3n) is 3.04. The number of aromatic nitrogens is 1. The average Bonchev–Trinajstić information content (AvgIpc) is 2.51. The Labute approximate surface area is 90.2 Å². The van der Waals surface area contributed by atoms with Crippen LogP contribution in [0.4, 0.5) is 0 Å². The first-order chi connectivity index (χ1) is 7.18. The molecule has 15 heavy (non-hydrogen) atoms. The van der Waals surface area contributed by atoms with Gasteiger partial charge in [0.1, 0.15) is 5.04 Å². The first kappa shape index (κ1) is 9.03. The molecule has 1 unspecified atom stereocenters. The monoisotopic (exact) mass is 222 g/mol. The van der Waals surface area contributed by atoms with Crippen LogP contribution in [-0.4, -0.2) is 15.1 Å². The number of hydrogen-bond donors (Lipinski definition) is 3. The Morgan fingerprint density at radius 1 is 1.53 bits per heavy atom. The molecule has 2 heterocycles. The summed E-state index contributed by atoms with van der Waals surface area (Å²) in [6, 6.07) is 0. The summed E-state index contributed by atoms with van der Waals surface area (Å²) in [4.78, 5) is 14.0. The van der Waals surface area contributed by atoms with Gasteiger partial charge in [0, 0.05) is 10.8 Å². The molecule has 0 bridgehead atoms. The minimum absolute atomic E-state index is 0.00116. The molecule has 0 spiro atoms. The van der Waals surface area contributed by atoms with Crippen LogP contribution >= 0.6 is 11.8 Å². The molecule has 4 nitrogen and oxygen atoms in total. The maximum Gasteiger partial charge on any atom is 0.261 e. The van der Waals surface area contributed by atoms with Crippen molar-refractivity contribution < 1.29 is 5.11 Å². The number of pyridine rings is 1. The minimum Gasteiger partial charge on any atom is -0.494 e. The van der Waals surface area contributed by atoms with E-state index in [9.17, 15) is 9.90 Å². The van der Waals surface area contributed by atoms with Crippen molar-refractivity contribution in [2.75, 3.05) is 0 Å². The second-order valence-corrected chi connectivity index (χ2v) is 5.11. The van der Waals surface area contributed by atoms with Crippen LogP contribution in [0.15, 0.2) is 4.79 Å². The van der Waals surface area contributed by atoms with Gasteiger partial charge in [0.25, 0.3) is 5.56 Å². The Morgan fingerprint density at radius 3 is 3.13 bits per heavy atom. The van der Waals surface area contributed by atoms with Gasteiger partial charge >= 0.3 is 0 Å². The number of H-pyrrole nitrogens is 1. The lowest BCUT2D eigenvalue weighted by Gasteiger charge is -2.20. The van der Waals surface area contributed by atoms with Gasteiger partial charge in [0.2, 0.25) is 0 Å². The van der Waals surface area contributed by atoms with E-state index in [4.69, 9.17) is 5.41 Å². The third-order valence-corrected chi connectivity index (χ3v) is 4.24. The normalized spacial score (nSPS) is 22.9. The van der Waals surface area contributed by atoms with Crippen LogP contribution in [0.25, 0.3) is 0 Å². The average molecular weight is 222 g/mol. The summed E-state index contributed by atoms with van der Waals surface area (Å²) in [6.07, 6.45) is 2.81. The lowest BCUT2D eigenvalue weighted by atomic mass is 9.89. The van der Waals surface area contributed by atoms with Gasteiger partial charge in [-0.2, -0.15) is 0 Å². The Balaban J connectivity index is 2.40. The third kappa shape index (κ3) is 1.10. The number of aromatic hydroxyl groups is 1. The summed E-state index contributed by atoms with van der Waals surface area (Å²) < 4.78 is 0. The van der Waals surface area contributed by atoms with E-state index < -0.39 is 0 Å². The Bertz CT molecular complexity index is 521. The quantitative estimate of drug-likeness (QED) is 0.623. The van der Waals surface area contributed by atoms with E-state index >= 15 is 0 Å². The van der Waals surface area contributed by atoms with Gasteiger partial charge in [-0.15, -0.1) is 0 Å². The second kappa shape index (κ2) is 2.88. The predicted molar refractivity (Wildman–Crippen MR) is 58.8 cm³/mol. The number of aromatic amines is 1. The number of hydrogen-bond acceptors (Lipinski definition) is 4. The highest BCUT2D eigenvalue weighted by atomic mass is 32.2. The molecule has 0 saturated heterocycles. The maximum absolute atomic E-state index is 11.6. The van der Waals surface area contributed by atoms with E-state index in [2.05, 4.69) is 4.98 Å². The molecule has 1 aliphatic heterocycles. The molecule has 5 heteroatoms. The Morgan fingerprint density at radius 2 is 2.33 bits per heavy atom. The highest BCUT2D eigenvalue weighted by Gasteiger charge is 2.36. The van der Waals surface area contributed by atoms with E-state index in [1.54, 1.807) is 0 Å². The first-order valence-corrected chi connectivity index (χ1v) is 5.80. The molecule has 0 saturated carbocycles. The van der Waals surface area contributed by atoms with Crippen LogP contribution in [0.3, 0.4) is 0 Å². The van der Waals surface area contributed by atoms with Gasteiger partial charge in [-0.25, -0.2) is 0 Å². The first-order valence-electron chi connectivity index (χ1n) is 4.92. The van der Waals surface area contributed by atoms with Crippen molar-refractivity contribution >= 4 is 16.8 Å². The summed E-state index contributed by atoms with van der Waals surface area (Å²) >= 11 is 1.43. The fraction of sp³-hybridized carbons (Fsp3) is 0.400. The van der Waals surface area contributed by atoms with Gasteiger partial charge in [0.05, 0.1) is 5.56 Å². The van der Waals surface area contributed by atoms with Crippen molar-refractivity contribution in [2.45, 2.75) is 24.5 Å². The van der Waals surface area contributed by atoms with Crippen LogP contribution in [0.5, 0.6) is 5.88 Å². The molecule has 0 aromatic carbocycles. The molecule has 1 aromatic rings. The van der Waals surface area contributed by atoms with Crippen molar-refractivity contribution in [1.29, 1.82) is 5.41 Å². The maximum atomic E-state index is 11.6. The van der Waals surface area contributed by atoms with Crippen LogP contribution < -0.4 is 5.56 Å². The SMILES string of the molecule is N=C1SC2CCCc3c(O)[nH]c(=O)c1c32. The van der Waals surface area contributed by atoms with Gasteiger partial charge in [-0.05, 0) is 24.8 Å². The zero-order valence-electron chi connectivity index (χ0n) is 7.96. The van der Waals surface area contributed by atoms with Crippen LogP contribution in [0.2, 0.25) is 0 Å². The van der Waals surface area contributed by atoms with E-state index in [1.807, 2.05) is 0 Å². The molecule has 3 rings (SSSR count). The molecular weight excluding hydrogens is 212 g/mol. The standard InChI is InChI=1S/C10H10N2O2S/c11-8-7-6-4(9(13)12-10(7)14)2-1-3-5(6)15-8/h5,11H,1-3H2,(H2,12,13,14). The molecule has 1 atom stereocenters. The van der Waals surface area contributed by atoms with E-state index in [0.717, 1.165) is 30.4 Å². The molecule has 1 aliphatic carbocycles. The molecular formula is C10H10N2O2S. The predicted octanol–water partition coefficient (Wildman–Crippen LogP) is 1.53. The van der Waals surface area contributed by atoms with E-state index in [0.29, 0.717) is 10.6 Å². The zero-order chi connectivity index (χ0) is 10.6. The highest BCUT2D eigenvalue weighted by molar-refractivity contribution is 8.15. The molecule has 0 fully saturated rings. The molecule has 3 N–H and O–H groups in total. The Hall–Kier alpha value is -1.23. The van der Waals surface area contributed by atoms with Gasteiger partial charge in [0.15, 0.2) is 5.88 Å². The van der Waals surface area contributed by atoms with Crippen molar-refractivity contribution in [3.8, 4) is 5.88 Å². The summed E-state index contributed by atoms with van der Waals surface area (Å²) in [7, 11) is 0. The minimum atomic E-state index is -0.326. The fourth-order valence-corrected chi connectivity index (χ4v) is 3.68. The number of rotatable bonds is 0. The molecule has 78 valence electrons. The van der Waals surface area contributed by atoms with Crippen LogP contribution in [0, 0.1) is 5.41 Å². The highest BCUT2D eigenvalue weighted by Crippen LogP contribution is 2.49. The largest absolute Gasteiger partial charge is 0.494 e. The summed E-state index contributed by atoms with van der Waals surface area (Å²) in [6.45, 7) is 0. The molecule has 0 amide bonds. The van der Waals surface area contributed by atoms with Gasteiger partial charge < -0.3 is 5.11 Å². The number of nitrogens with one attached hydrogen (secondary N) is 2. The fourth-order valence-electron chi connectivity index (χ4n) is 2.41. The van der Waals surface area contributed by atoms with E-state index in [1.165, 1.54) is 11.8 Å². The Kier molecular flexibility index (Phi) is 1.74. The van der Waals surface area contributed by atoms with Crippen LogP contribution in [0.1, 0.15) is 34.8 Å². The molecule has 0 radical (unpaired) electrons. The lowest BCUT2D eigenvalue weighted by Crippen LogP contribution is -2.18. The summed E-state index contributed by atoms with van der Waals surface area (Å²) in [5, 5.41) is 18.0. The van der Waals surface area contributed by atoms with Gasteiger partial charge in [-0.1, -0.05) is 11.8 Å². The lowest BCUT2D eigenvalue weighted by molar-refractivity contribution is 0.438. The smallest absolute Gasteiger partial charge is 0.261 e. The van der Waals surface area contributed by atoms with Crippen molar-refractivity contribution in [3.63, 3.8) is 0 Å². The topological polar surface area (TPSA) is 76.9 Å². The van der Waals surface area contributed by atoms with Crippen molar-refractivity contribution in [2.24, 2.45) is 0 Å². The number of thioether (sulfide) groups is 1. The second-order valence-electron chi connectivity index (χ2n) is 3.90. The zero-order valence-corrected chi connectivity index (χ0v) is 8.78. The summed E-state index contributed by atoms with van der Waals surface area (Å²) in [5.74, 6) is -0.00116. The molecule has 1 aromatic heterocycles. The van der Waals surface area contributed by atoms with Gasteiger partial charge in [-0.3, -0.25) is 15.2 Å². The molecule has 2 aliphatic rings. The summed E-state index contributed by atoms with van der Waals surface area (Å²) in [5.41, 5.74) is 1.92. The van der Waals surface area contributed by atoms with E-state index in [-0.39, 0.29) is 16.7 Å². The van der Waals surface area contributed by atoms with Crippen molar-refractivity contribution in [1.82, 2.24) is 4.98 Å².